The van der Waals surface area contributed by atoms with Gasteiger partial charge < -0.3 is 5.32 Å². The molecule has 1 N–H and O–H groups in total. The molecule has 0 aliphatic carbocycles. The summed E-state index contributed by atoms with van der Waals surface area (Å²) in [7, 11) is 0. The fourth-order valence-electron chi connectivity index (χ4n) is 1.89. The molecule has 0 atom stereocenters. The van der Waals surface area contributed by atoms with Gasteiger partial charge in [-0.15, -0.1) is 12.6 Å². The summed E-state index contributed by atoms with van der Waals surface area (Å²) in [5, 5.41) is 3.48. The van der Waals surface area contributed by atoms with E-state index in [1.807, 2.05) is 48.5 Å². The first-order valence-electron chi connectivity index (χ1n) is 6.14. The number of rotatable bonds is 3. The normalized spacial score (nSPS) is 10.7. The molecule has 0 bridgehead atoms. The van der Waals surface area contributed by atoms with Crippen LogP contribution in [0.3, 0.4) is 0 Å². The first-order chi connectivity index (χ1) is 9.70. The molecule has 0 spiro atoms. The molecule has 1 aromatic heterocycles. The van der Waals surface area contributed by atoms with E-state index in [2.05, 4.69) is 22.9 Å². The summed E-state index contributed by atoms with van der Waals surface area (Å²) >= 11 is 5.71. The standard InChI is InChI=1S/C15H12N2OS2/c18-14(9-10-5-7-11(19)8-6-10)17-15-16-12-3-1-2-4-13(12)20-15/h1-8,19H,9H2,(H,16,17,18). The second-order valence-electron chi connectivity index (χ2n) is 4.38. The molecule has 0 unspecified atom stereocenters. The van der Waals surface area contributed by atoms with E-state index in [-0.39, 0.29) is 5.91 Å². The number of carbonyl (C=O) groups excluding carboxylic acids is 1. The van der Waals surface area contributed by atoms with Crippen LogP contribution in [0.25, 0.3) is 10.2 Å². The number of para-hydroxylation sites is 1. The largest absolute Gasteiger partial charge is 0.302 e. The summed E-state index contributed by atoms with van der Waals surface area (Å²) in [5.41, 5.74) is 1.87. The molecule has 0 aliphatic heterocycles. The number of aromatic nitrogens is 1. The van der Waals surface area contributed by atoms with Crippen LogP contribution in [-0.2, 0) is 11.2 Å². The highest BCUT2D eigenvalue weighted by Crippen LogP contribution is 2.25. The van der Waals surface area contributed by atoms with Crippen LogP contribution in [0.15, 0.2) is 53.4 Å². The lowest BCUT2D eigenvalue weighted by Crippen LogP contribution is -2.14. The minimum absolute atomic E-state index is 0.0593. The first kappa shape index (κ1) is 13.1. The van der Waals surface area contributed by atoms with E-state index in [0.29, 0.717) is 11.6 Å². The van der Waals surface area contributed by atoms with E-state index in [4.69, 9.17) is 0 Å². The van der Waals surface area contributed by atoms with E-state index in [1.54, 1.807) is 0 Å². The summed E-state index contributed by atoms with van der Waals surface area (Å²) in [6.45, 7) is 0. The van der Waals surface area contributed by atoms with Crippen molar-refractivity contribution in [3.63, 3.8) is 0 Å². The fraction of sp³-hybridized carbons (Fsp3) is 0.0667. The zero-order valence-corrected chi connectivity index (χ0v) is 12.2. The highest BCUT2D eigenvalue weighted by Gasteiger charge is 2.08. The van der Waals surface area contributed by atoms with Crippen molar-refractivity contribution >= 4 is 45.2 Å². The summed E-state index contributed by atoms with van der Waals surface area (Å²) in [6.07, 6.45) is 0.337. The number of benzene rings is 2. The lowest BCUT2D eigenvalue weighted by Gasteiger charge is -2.02. The monoisotopic (exact) mass is 300 g/mol. The molecule has 2 aromatic carbocycles. The van der Waals surface area contributed by atoms with E-state index < -0.39 is 0 Å². The molecule has 0 saturated heterocycles. The van der Waals surface area contributed by atoms with Gasteiger partial charge in [0.2, 0.25) is 5.91 Å². The number of carbonyl (C=O) groups is 1. The van der Waals surface area contributed by atoms with Crippen LogP contribution in [0.2, 0.25) is 0 Å². The highest BCUT2D eigenvalue weighted by molar-refractivity contribution is 7.80. The molecule has 0 aliphatic rings. The van der Waals surface area contributed by atoms with Crippen LogP contribution < -0.4 is 5.32 Å². The van der Waals surface area contributed by atoms with Crippen LogP contribution in [0, 0.1) is 0 Å². The molecule has 3 rings (SSSR count). The quantitative estimate of drug-likeness (QED) is 0.723. The second kappa shape index (κ2) is 5.64. The minimum Gasteiger partial charge on any atom is -0.302 e. The Labute approximate surface area is 126 Å². The summed E-state index contributed by atoms with van der Waals surface area (Å²) in [5.74, 6) is -0.0593. The zero-order valence-electron chi connectivity index (χ0n) is 10.5. The first-order valence-corrected chi connectivity index (χ1v) is 7.40. The molecular formula is C15H12N2OS2. The smallest absolute Gasteiger partial charge is 0.230 e. The Hall–Kier alpha value is -1.85. The molecule has 1 amide bonds. The maximum atomic E-state index is 12.0. The summed E-state index contributed by atoms with van der Waals surface area (Å²) in [4.78, 5) is 17.3. The topological polar surface area (TPSA) is 42.0 Å². The zero-order chi connectivity index (χ0) is 13.9. The number of amides is 1. The Morgan fingerprint density at radius 1 is 1.15 bits per heavy atom. The Balaban J connectivity index is 1.70. The Kier molecular flexibility index (Phi) is 3.71. The number of thiazole rings is 1. The number of thiol groups is 1. The molecule has 0 fully saturated rings. The molecule has 20 heavy (non-hydrogen) atoms. The lowest BCUT2D eigenvalue weighted by molar-refractivity contribution is -0.115. The van der Waals surface area contributed by atoms with Crippen LogP contribution in [0.5, 0.6) is 0 Å². The third kappa shape index (κ3) is 3.00. The minimum atomic E-state index is -0.0593. The van der Waals surface area contributed by atoms with Gasteiger partial charge in [0.25, 0.3) is 0 Å². The predicted molar refractivity (Wildman–Crippen MR) is 85.6 cm³/mol. The van der Waals surface area contributed by atoms with Crippen molar-refractivity contribution in [2.75, 3.05) is 5.32 Å². The third-order valence-corrected chi connectivity index (χ3v) is 4.09. The average molecular weight is 300 g/mol. The van der Waals surface area contributed by atoms with E-state index in [1.165, 1.54) is 11.3 Å². The Bertz CT molecular complexity index is 717. The van der Waals surface area contributed by atoms with Gasteiger partial charge in [-0.2, -0.15) is 0 Å². The Morgan fingerprint density at radius 3 is 2.65 bits per heavy atom. The SMILES string of the molecule is O=C(Cc1ccc(S)cc1)Nc1nc2ccccc2s1. The summed E-state index contributed by atoms with van der Waals surface area (Å²) in [6, 6.07) is 15.4. The van der Waals surface area contributed by atoms with Gasteiger partial charge in [-0.05, 0) is 29.8 Å². The van der Waals surface area contributed by atoms with Crippen molar-refractivity contribution in [1.82, 2.24) is 4.98 Å². The van der Waals surface area contributed by atoms with Gasteiger partial charge >= 0.3 is 0 Å². The highest BCUT2D eigenvalue weighted by atomic mass is 32.1. The number of nitrogens with one attached hydrogen (secondary N) is 1. The van der Waals surface area contributed by atoms with Gasteiger partial charge in [-0.1, -0.05) is 35.6 Å². The number of anilines is 1. The lowest BCUT2D eigenvalue weighted by atomic mass is 10.1. The van der Waals surface area contributed by atoms with Crippen LogP contribution in [0.4, 0.5) is 5.13 Å². The van der Waals surface area contributed by atoms with Crippen molar-refractivity contribution in [3.8, 4) is 0 Å². The predicted octanol–water partition coefficient (Wildman–Crippen LogP) is 3.77. The van der Waals surface area contributed by atoms with Crippen LogP contribution >= 0.6 is 24.0 Å². The average Bonchev–Trinajstić information content (AvgIpc) is 2.83. The van der Waals surface area contributed by atoms with Crippen LogP contribution in [-0.4, -0.2) is 10.9 Å². The maximum absolute atomic E-state index is 12.0. The van der Waals surface area contributed by atoms with Gasteiger partial charge in [0.15, 0.2) is 5.13 Å². The van der Waals surface area contributed by atoms with E-state index in [0.717, 1.165) is 20.7 Å². The maximum Gasteiger partial charge on any atom is 0.230 e. The van der Waals surface area contributed by atoms with Gasteiger partial charge in [0, 0.05) is 4.90 Å². The van der Waals surface area contributed by atoms with Gasteiger partial charge in [0.1, 0.15) is 0 Å². The molecule has 5 heteroatoms. The van der Waals surface area contributed by atoms with Gasteiger partial charge in [-0.3, -0.25) is 4.79 Å². The van der Waals surface area contributed by atoms with Crippen molar-refractivity contribution in [3.05, 3.63) is 54.1 Å². The van der Waals surface area contributed by atoms with Gasteiger partial charge in [0.05, 0.1) is 16.6 Å². The number of hydrogen-bond acceptors (Lipinski definition) is 4. The van der Waals surface area contributed by atoms with Crippen LogP contribution in [0.1, 0.15) is 5.56 Å². The number of nitrogens with zero attached hydrogens (tertiary/aromatic N) is 1. The molecule has 3 aromatic rings. The Morgan fingerprint density at radius 2 is 1.90 bits per heavy atom. The number of hydrogen-bond donors (Lipinski definition) is 2. The molecule has 1 heterocycles. The second-order valence-corrected chi connectivity index (χ2v) is 5.93. The number of fused-ring (bicyclic) bond motifs is 1. The molecule has 100 valence electrons. The molecule has 3 nitrogen and oxygen atoms in total. The third-order valence-electron chi connectivity index (χ3n) is 2.84. The molecule has 0 saturated carbocycles. The van der Waals surface area contributed by atoms with Gasteiger partial charge in [-0.25, -0.2) is 4.98 Å². The van der Waals surface area contributed by atoms with E-state index >= 15 is 0 Å². The molecule has 0 radical (unpaired) electrons. The fourth-order valence-corrected chi connectivity index (χ4v) is 2.92. The summed E-state index contributed by atoms with van der Waals surface area (Å²) < 4.78 is 1.07. The van der Waals surface area contributed by atoms with E-state index in [9.17, 15) is 4.79 Å². The molecular weight excluding hydrogens is 288 g/mol. The van der Waals surface area contributed by atoms with Crippen molar-refractivity contribution in [2.45, 2.75) is 11.3 Å². The van der Waals surface area contributed by atoms with Crippen molar-refractivity contribution < 1.29 is 4.79 Å². The van der Waals surface area contributed by atoms with Crippen molar-refractivity contribution in [1.29, 1.82) is 0 Å². The van der Waals surface area contributed by atoms with Crippen molar-refractivity contribution in [2.24, 2.45) is 0 Å².